The topological polar surface area (TPSA) is 68.2 Å². The predicted molar refractivity (Wildman–Crippen MR) is 116 cm³/mol. The van der Waals surface area contributed by atoms with E-state index in [9.17, 15) is 9.90 Å². The minimum atomic E-state index is -0.848. The first-order chi connectivity index (χ1) is 14.4. The lowest BCUT2D eigenvalue weighted by molar-refractivity contribution is -0.145. The molecule has 1 aliphatic heterocycles. The SMILES string of the molecule is COc1cc(OC)c(C(c2ccc(Cl)c(Cl)c2)N2CCCCC2C(=O)O)cc1OC. The van der Waals surface area contributed by atoms with Gasteiger partial charge in [0.2, 0.25) is 0 Å². The molecule has 1 N–H and O–H groups in total. The lowest BCUT2D eigenvalue weighted by Crippen LogP contribution is -2.46. The molecule has 2 aromatic carbocycles. The van der Waals surface area contributed by atoms with Crippen LogP contribution in [-0.2, 0) is 4.79 Å². The van der Waals surface area contributed by atoms with Gasteiger partial charge >= 0.3 is 5.97 Å². The van der Waals surface area contributed by atoms with Crippen molar-refractivity contribution in [3.63, 3.8) is 0 Å². The van der Waals surface area contributed by atoms with Crippen LogP contribution >= 0.6 is 23.2 Å². The standard InChI is InChI=1S/C22H25Cl2NO5/c1-28-18-12-20(30-3)19(29-2)11-14(18)21(13-7-8-15(23)16(24)10-13)25-9-5-4-6-17(25)22(26)27/h7-8,10-12,17,21H,4-6,9H2,1-3H3,(H,26,27). The Kier molecular flexibility index (Phi) is 7.34. The van der Waals surface area contributed by atoms with Crippen LogP contribution in [0.25, 0.3) is 0 Å². The summed E-state index contributed by atoms with van der Waals surface area (Å²) in [7, 11) is 4.68. The van der Waals surface area contributed by atoms with Crippen LogP contribution in [0.15, 0.2) is 30.3 Å². The van der Waals surface area contributed by atoms with Gasteiger partial charge in [0, 0.05) is 11.6 Å². The fraction of sp³-hybridized carbons (Fsp3) is 0.409. The lowest BCUT2D eigenvalue weighted by Gasteiger charge is -2.40. The summed E-state index contributed by atoms with van der Waals surface area (Å²) in [6, 6.07) is 7.89. The normalized spacial score (nSPS) is 18.0. The Labute approximate surface area is 186 Å². The van der Waals surface area contributed by atoms with Crippen LogP contribution < -0.4 is 14.2 Å². The zero-order valence-corrected chi connectivity index (χ0v) is 18.7. The van der Waals surface area contributed by atoms with Gasteiger partial charge in [0.15, 0.2) is 11.5 Å². The van der Waals surface area contributed by atoms with Crippen molar-refractivity contribution in [2.75, 3.05) is 27.9 Å². The largest absolute Gasteiger partial charge is 0.496 e. The molecule has 1 saturated heterocycles. The van der Waals surface area contributed by atoms with Crippen molar-refractivity contribution in [1.29, 1.82) is 0 Å². The van der Waals surface area contributed by atoms with E-state index in [0.29, 0.717) is 40.3 Å². The van der Waals surface area contributed by atoms with Crippen molar-refractivity contribution in [1.82, 2.24) is 4.90 Å². The number of aliphatic carboxylic acids is 1. The number of benzene rings is 2. The summed E-state index contributed by atoms with van der Waals surface area (Å²) >= 11 is 12.5. The molecule has 162 valence electrons. The Morgan fingerprint density at radius 3 is 2.27 bits per heavy atom. The van der Waals surface area contributed by atoms with E-state index in [0.717, 1.165) is 24.0 Å². The molecule has 3 rings (SSSR count). The third-order valence-electron chi connectivity index (χ3n) is 5.45. The quantitative estimate of drug-likeness (QED) is 0.632. The average Bonchev–Trinajstić information content (AvgIpc) is 2.76. The summed E-state index contributed by atoms with van der Waals surface area (Å²) < 4.78 is 16.6. The molecule has 2 aromatic rings. The Bertz CT molecular complexity index is 921. The summed E-state index contributed by atoms with van der Waals surface area (Å²) in [4.78, 5) is 14.0. The van der Waals surface area contributed by atoms with Crippen molar-refractivity contribution >= 4 is 29.2 Å². The minimum absolute atomic E-state index is 0.405. The molecule has 0 aliphatic carbocycles. The van der Waals surface area contributed by atoms with Gasteiger partial charge in [-0.15, -0.1) is 0 Å². The smallest absolute Gasteiger partial charge is 0.320 e. The molecule has 0 saturated carbocycles. The van der Waals surface area contributed by atoms with Gasteiger partial charge in [0.05, 0.1) is 37.4 Å². The molecular weight excluding hydrogens is 429 g/mol. The maximum atomic E-state index is 12.1. The summed E-state index contributed by atoms with van der Waals surface area (Å²) in [5, 5.41) is 10.7. The lowest BCUT2D eigenvalue weighted by atomic mass is 9.91. The zero-order chi connectivity index (χ0) is 21.8. The van der Waals surface area contributed by atoms with Crippen LogP contribution in [0.4, 0.5) is 0 Å². The molecule has 8 heteroatoms. The van der Waals surface area contributed by atoms with E-state index in [4.69, 9.17) is 37.4 Å². The molecule has 1 heterocycles. The fourth-order valence-corrected chi connectivity index (χ4v) is 4.33. The third-order valence-corrected chi connectivity index (χ3v) is 6.19. The molecule has 0 radical (unpaired) electrons. The van der Waals surface area contributed by atoms with Crippen molar-refractivity contribution in [3.8, 4) is 17.2 Å². The minimum Gasteiger partial charge on any atom is -0.496 e. The molecular formula is C22H25Cl2NO5. The molecule has 0 spiro atoms. The average molecular weight is 454 g/mol. The van der Waals surface area contributed by atoms with Crippen LogP contribution in [-0.4, -0.2) is 49.9 Å². The zero-order valence-electron chi connectivity index (χ0n) is 17.2. The Morgan fingerprint density at radius 2 is 1.67 bits per heavy atom. The van der Waals surface area contributed by atoms with Gasteiger partial charge in [0.1, 0.15) is 11.8 Å². The second-order valence-corrected chi connectivity index (χ2v) is 7.93. The number of rotatable bonds is 7. The molecule has 0 amide bonds. The molecule has 1 aliphatic rings. The fourth-order valence-electron chi connectivity index (χ4n) is 4.03. The van der Waals surface area contributed by atoms with E-state index in [-0.39, 0.29) is 0 Å². The Balaban J connectivity index is 2.23. The van der Waals surface area contributed by atoms with Gasteiger partial charge in [0.25, 0.3) is 0 Å². The van der Waals surface area contributed by atoms with Crippen LogP contribution in [0.3, 0.4) is 0 Å². The number of halogens is 2. The maximum absolute atomic E-state index is 12.1. The number of carboxylic acids is 1. The summed E-state index contributed by atoms with van der Waals surface area (Å²) in [6.07, 6.45) is 2.34. The molecule has 2 unspecified atom stereocenters. The second-order valence-electron chi connectivity index (χ2n) is 7.11. The number of methoxy groups -OCH3 is 3. The van der Waals surface area contributed by atoms with Crippen molar-refractivity contribution in [2.45, 2.75) is 31.3 Å². The third kappa shape index (κ3) is 4.46. The molecule has 0 bridgehead atoms. The monoisotopic (exact) mass is 453 g/mol. The Morgan fingerprint density at radius 1 is 1.00 bits per heavy atom. The van der Waals surface area contributed by atoms with Crippen molar-refractivity contribution in [2.24, 2.45) is 0 Å². The number of ether oxygens (including phenoxy) is 3. The highest BCUT2D eigenvalue weighted by atomic mass is 35.5. The molecule has 2 atom stereocenters. The first-order valence-electron chi connectivity index (χ1n) is 9.64. The van der Waals surface area contributed by atoms with Gasteiger partial charge in [-0.05, 0) is 43.1 Å². The first-order valence-corrected chi connectivity index (χ1v) is 10.4. The van der Waals surface area contributed by atoms with E-state index in [2.05, 4.69) is 0 Å². The van der Waals surface area contributed by atoms with Gasteiger partial charge < -0.3 is 19.3 Å². The summed E-state index contributed by atoms with van der Waals surface area (Å²) in [5.41, 5.74) is 1.59. The Hall–Kier alpha value is -2.15. The molecule has 30 heavy (non-hydrogen) atoms. The van der Waals surface area contributed by atoms with Gasteiger partial charge in [-0.3, -0.25) is 9.69 Å². The summed E-state index contributed by atoms with van der Waals surface area (Å²) in [6.45, 7) is 0.624. The number of hydrogen-bond acceptors (Lipinski definition) is 5. The molecule has 1 fully saturated rings. The predicted octanol–water partition coefficient (Wildman–Crippen LogP) is 5.05. The van der Waals surface area contributed by atoms with Crippen LogP contribution in [0.5, 0.6) is 17.2 Å². The maximum Gasteiger partial charge on any atom is 0.320 e. The van der Waals surface area contributed by atoms with E-state index >= 15 is 0 Å². The van der Waals surface area contributed by atoms with Crippen LogP contribution in [0, 0.1) is 0 Å². The number of hydrogen-bond donors (Lipinski definition) is 1. The number of likely N-dealkylation sites (tertiary alicyclic amines) is 1. The molecule has 0 aromatic heterocycles. The van der Waals surface area contributed by atoms with E-state index in [1.54, 1.807) is 39.5 Å². The van der Waals surface area contributed by atoms with Gasteiger partial charge in [-0.25, -0.2) is 0 Å². The van der Waals surface area contributed by atoms with E-state index in [1.807, 2.05) is 17.0 Å². The first kappa shape index (κ1) is 22.5. The van der Waals surface area contributed by atoms with Crippen molar-refractivity contribution in [3.05, 3.63) is 51.5 Å². The van der Waals surface area contributed by atoms with Crippen LogP contribution in [0.2, 0.25) is 10.0 Å². The summed E-state index contributed by atoms with van der Waals surface area (Å²) in [5.74, 6) is 0.777. The highest BCUT2D eigenvalue weighted by Crippen LogP contribution is 2.44. The molecule has 6 nitrogen and oxygen atoms in total. The van der Waals surface area contributed by atoms with E-state index < -0.39 is 18.1 Å². The van der Waals surface area contributed by atoms with Gasteiger partial charge in [-0.2, -0.15) is 0 Å². The van der Waals surface area contributed by atoms with Gasteiger partial charge in [-0.1, -0.05) is 35.7 Å². The van der Waals surface area contributed by atoms with Crippen LogP contribution in [0.1, 0.15) is 36.4 Å². The highest BCUT2D eigenvalue weighted by Gasteiger charge is 2.37. The van der Waals surface area contributed by atoms with Crippen molar-refractivity contribution < 1.29 is 24.1 Å². The number of carbonyl (C=O) groups is 1. The number of nitrogens with zero attached hydrogens (tertiary/aromatic N) is 1. The highest BCUT2D eigenvalue weighted by molar-refractivity contribution is 6.42. The van der Waals surface area contributed by atoms with E-state index in [1.165, 1.54) is 0 Å². The number of carboxylic acid groups (broad SMARTS) is 1. The number of piperidine rings is 1. The second kappa shape index (κ2) is 9.77.